The standard InChI is InChI=1S/C47H32N2.C44H26N2O/c1-47(2)39-20-12-11-19-37(39)43-38-25-22-33-27-31(21-24-34(33)42(38)35-17-9-10-18-36(35)44(43)47)32-23-26-40-41(28-32)49-46(30-15-7-4-8-16-30)45(48-40)29-13-5-3-6-14-29;1-3-11-27(12-4-1)42-43(28-13-5-2-6-14-28)46-38-26-30(21-24-37(38)45-42)29-19-22-32-31(25-29)20-23-36-40(32)33-15-7-8-16-34(33)44-41(36)35-17-9-10-18-39(35)47-44/h3-28H,1-2H3;1-26H. The van der Waals surface area contributed by atoms with Crippen LogP contribution in [0.3, 0.4) is 0 Å². The molecule has 0 N–H and O–H groups in total. The third kappa shape index (κ3) is 8.78. The highest BCUT2D eigenvalue weighted by Crippen LogP contribution is 2.55. The zero-order valence-electron chi connectivity index (χ0n) is 52.7. The molecule has 0 atom stereocenters. The van der Waals surface area contributed by atoms with Gasteiger partial charge in [0, 0.05) is 43.8 Å². The smallest absolute Gasteiger partial charge is 0.143 e. The monoisotopic (exact) mass is 1220 g/mol. The van der Waals surface area contributed by atoms with Crippen molar-refractivity contribution in [1.82, 2.24) is 19.9 Å². The summed E-state index contributed by atoms with van der Waals surface area (Å²) in [6, 6.07) is 112. The zero-order valence-corrected chi connectivity index (χ0v) is 52.7. The van der Waals surface area contributed by atoms with Gasteiger partial charge in [0.1, 0.15) is 11.2 Å². The fourth-order valence-electron chi connectivity index (χ4n) is 15.6. The largest absolute Gasteiger partial charge is 0.455 e. The second-order valence-corrected chi connectivity index (χ2v) is 25.9. The van der Waals surface area contributed by atoms with E-state index in [4.69, 9.17) is 24.4 Å². The van der Waals surface area contributed by atoms with E-state index in [1.165, 1.54) is 92.5 Å². The number of aromatic nitrogens is 4. The van der Waals surface area contributed by atoms with E-state index in [0.29, 0.717) is 0 Å². The lowest BCUT2D eigenvalue weighted by Crippen LogP contribution is -2.15. The molecule has 3 heterocycles. The van der Waals surface area contributed by atoms with Crippen molar-refractivity contribution in [3.8, 4) is 78.4 Å². The molecule has 0 unspecified atom stereocenters. The zero-order chi connectivity index (χ0) is 63.6. The van der Waals surface area contributed by atoms with E-state index >= 15 is 0 Å². The second-order valence-electron chi connectivity index (χ2n) is 25.9. The van der Waals surface area contributed by atoms with Gasteiger partial charge in [-0.3, -0.25) is 0 Å². The quantitative estimate of drug-likeness (QED) is 0.155. The Kier molecular flexibility index (Phi) is 12.6. The topological polar surface area (TPSA) is 64.7 Å². The maximum atomic E-state index is 6.46. The van der Waals surface area contributed by atoms with Crippen molar-refractivity contribution >= 4 is 109 Å². The van der Waals surface area contributed by atoms with Gasteiger partial charge in [-0.15, -0.1) is 0 Å². The molecule has 0 saturated carbocycles. The summed E-state index contributed by atoms with van der Waals surface area (Å²) < 4.78 is 6.46. The molecule has 20 rings (SSSR count). The highest BCUT2D eigenvalue weighted by Gasteiger charge is 2.38. The minimum absolute atomic E-state index is 0.0697. The summed E-state index contributed by atoms with van der Waals surface area (Å²) in [4.78, 5) is 20.8. The number of rotatable bonds is 6. The van der Waals surface area contributed by atoms with Gasteiger partial charge in [-0.25, -0.2) is 19.9 Å². The molecule has 0 amide bonds. The number of hydrogen-bond acceptors (Lipinski definition) is 5. The summed E-state index contributed by atoms with van der Waals surface area (Å²) in [5, 5.41) is 17.4. The number of benzene rings is 16. The van der Waals surface area contributed by atoms with Crippen molar-refractivity contribution in [3.63, 3.8) is 0 Å². The normalized spacial score (nSPS) is 12.6. The Morgan fingerprint density at radius 1 is 0.260 bits per heavy atom. The molecule has 19 aromatic rings. The SMILES string of the molecule is CC1(C)c2ccccc2-c2c1c1ccccc1c1c2ccc2cc(-c3ccc4nc(-c5ccccc5)c(-c5ccccc5)nc4c3)ccc21.c1ccc(-c2nc3ccc(-c4ccc5c(ccc6c5c5ccccc5c5oc7ccccc7c65)c4)cc3nc2-c2ccccc2)cc1. The van der Waals surface area contributed by atoms with Crippen molar-refractivity contribution < 1.29 is 4.42 Å². The minimum Gasteiger partial charge on any atom is -0.455 e. The molecule has 5 heteroatoms. The highest BCUT2D eigenvalue weighted by molar-refractivity contribution is 6.35. The lowest BCUT2D eigenvalue weighted by Gasteiger charge is -2.24. The number of para-hydroxylation sites is 1. The Morgan fingerprint density at radius 2 is 0.646 bits per heavy atom. The maximum absolute atomic E-state index is 6.46. The lowest BCUT2D eigenvalue weighted by molar-refractivity contribution is 0.666. The second kappa shape index (κ2) is 21.8. The predicted octanol–water partition coefficient (Wildman–Crippen LogP) is 24.4. The van der Waals surface area contributed by atoms with E-state index in [1.54, 1.807) is 0 Å². The van der Waals surface area contributed by atoms with Crippen LogP contribution in [0.25, 0.3) is 187 Å². The average molecular weight is 1220 g/mol. The summed E-state index contributed by atoms with van der Waals surface area (Å²) in [5.41, 5.74) is 23.3. The predicted molar refractivity (Wildman–Crippen MR) is 402 cm³/mol. The van der Waals surface area contributed by atoms with Crippen LogP contribution in [-0.4, -0.2) is 19.9 Å². The van der Waals surface area contributed by atoms with E-state index in [2.05, 4.69) is 287 Å². The Bertz CT molecular complexity index is 6400. The van der Waals surface area contributed by atoms with Gasteiger partial charge in [-0.2, -0.15) is 0 Å². The van der Waals surface area contributed by atoms with Gasteiger partial charge in [0.15, 0.2) is 0 Å². The molecule has 16 aromatic carbocycles. The third-order valence-electron chi connectivity index (χ3n) is 20.0. The molecular weight excluding hydrogens is 1170 g/mol. The average Bonchev–Trinajstić information content (AvgIpc) is 1.50. The molecule has 1 aliphatic rings. The summed E-state index contributed by atoms with van der Waals surface area (Å²) in [5.74, 6) is 0. The van der Waals surface area contributed by atoms with E-state index in [1.807, 2.05) is 42.5 Å². The lowest BCUT2D eigenvalue weighted by atomic mass is 9.79. The number of hydrogen-bond donors (Lipinski definition) is 0. The first-order valence-corrected chi connectivity index (χ1v) is 32.9. The van der Waals surface area contributed by atoms with Crippen LogP contribution in [0, 0.1) is 0 Å². The van der Waals surface area contributed by atoms with Crippen LogP contribution in [-0.2, 0) is 5.41 Å². The van der Waals surface area contributed by atoms with Gasteiger partial charge in [0.05, 0.1) is 44.8 Å². The molecule has 0 spiro atoms. The molecule has 1 aliphatic carbocycles. The summed E-state index contributed by atoms with van der Waals surface area (Å²) in [6.45, 7) is 4.75. The first-order valence-electron chi connectivity index (χ1n) is 32.9. The first-order chi connectivity index (χ1) is 47.4. The van der Waals surface area contributed by atoms with Crippen LogP contribution < -0.4 is 0 Å². The van der Waals surface area contributed by atoms with E-state index in [0.717, 1.165) is 106 Å². The third-order valence-corrected chi connectivity index (χ3v) is 20.0. The fraction of sp³-hybridized carbons (Fsp3) is 0.0330. The van der Waals surface area contributed by atoms with Gasteiger partial charge in [0.25, 0.3) is 0 Å². The Balaban J connectivity index is 0.000000135. The van der Waals surface area contributed by atoms with Crippen molar-refractivity contribution in [1.29, 1.82) is 0 Å². The van der Waals surface area contributed by atoms with Crippen LogP contribution >= 0.6 is 0 Å². The fourth-order valence-corrected chi connectivity index (χ4v) is 15.6. The van der Waals surface area contributed by atoms with Gasteiger partial charge >= 0.3 is 0 Å². The number of fused-ring (bicyclic) bond motifs is 22. The summed E-state index contributed by atoms with van der Waals surface area (Å²) in [6.07, 6.45) is 0. The highest BCUT2D eigenvalue weighted by atomic mass is 16.3. The van der Waals surface area contributed by atoms with Gasteiger partial charge in [-0.1, -0.05) is 287 Å². The number of furan rings is 1. The number of nitrogens with zero attached hydrogens (tertiary/aromatic N) is 4. The van der Waals surface area contributed by atoms with E-state index in [9.17, 15) is 0 Å². The van der Waals surface area contributed by atoms with Crippen LogP contribution in [0.2, 0.25) is 0 Å². The summed E-state index contributed by atoms with van der Waals surface area (Å²) >= 11 is 0. The Morgan fingerprint density at radius 3 is 1.18 bits per heavy atom. The van der Waals surface area contributed by atoms with E-state index < -0.39 is 0 Å². The van der Waals surface area contributed by atoms with Crippen molar-refractivity contribution in [2.24, 2.45) is 0 Å². The molecule has 0 aliphatic heterocycles. The van der Waals surface area contributed by atoms with Crippen molar-refractivity contribution in [2.75, 3.05) is 0 Å². The maximum Gasteiger partial charge on any atom is 0.143 e. The van der Waals surface area contributed by atoms with Crippen LogP contribution in [0.5, 0.6) is 0 Å². The first kappa shape index (κ1) is 55.2. The van der Waals surface area contributed by atoms with Crippen LogP contribution in [0.1, 0.15) is 25.0 Å². The Hall–Kier alpha value is -12.4. The van der Waals surface area contributed by atoms with Crippen LogP contribution in [0.15, 0.2) is 320 Å². The van der Waals surface area contributed by atoms with Gasteiger partial charge in [0.2, 0.25) is 0 Å². The van der Waals surface area contributed by atoms with Crippen molar-refractivity contribution in [3.05, 3.63) is 327 Å². The molecule has 5 nitrogen and oxygen atoms in total. The van der Waals surface area contributed by atoms with Crippen molar-refractivity contribution in [2.45, 2.75) is 19.3 Å². The molecule has 0 bridgehead atoms. The molecule has 0 radical (unpaired) electrons. The van der Waals surface area contributed by atoms with Crippen LogP contribution in [0.4, 0.5) is 0 Å². The molecule has 448 valence electrons. The van der Waals surface area contributed by atoms with Gasteiger partial charge < -0.3 is 4.42 Å². The minimum atomic E-state index is -0.0697. The molecule has 0 saturated heterocycles. The molecule has 96 heavy (non-hydrogen) atoms. The molecule has 0 fully saturated rings. The van der Waals surface area contributed by atoms with E-state index in [-0.39, 0.29) is 5.41 Å². The summed E-state index contributed by atoms with van der Waals surface area (Å²) in [7, 11) is 0. The Labute approximate surface area is 553 Å². The molecule has 3 aromatic heterocycles. The molecular formula is C91H58N4O. The van der Waals surface area contributed by atoms with Gasteiger partial charge in [-0.05, 0) is 146 Å².